The van der Waals surface area contributed by atoms with Crippen LogP contribution in [0.3, 0.4) is 0 Å². The van der Waals surface area contributed by atoms with Gasteiger partial charge in [-0.2, -0.15) is 0 Å². The van der Waals surface area contributed by atoms with Crippen molar-refractivity contribution < 1.29 is 28.7 Å². The Hall–Kier alpha value is -4.34. The van der Waals surface area contributed by atoms with Crippen LogP contribution in [0.2, 0.25) is 0 Å². The van der Waals surface area contributed by atoms with E-state index < -0.39 is 47.1 Å². The molecule has 0 aliphatic rings. The third-order valence-corrected chi connectivity index (χ3v) is 7.01. The van der Waals surface area contributed by atoms with Crippen molar-refractivity contribution in [1.82, 2.24) is 20.5 Å². The van der Waals surface area contributed by atoms with Crippen molar-refractivity contribution in [3.05, 3.63) is 71.9 Å². The standard InChI is InChI=1S/C33H44N4O6/c1-8-42-29(39)27(19-18-22-14-10-9-11-15-22)37(7)28(38)26(20-23-21-34-25-17-13-12-16-24(23)25)35-30(40)33(5,6)36-31(41)43-32(2,3)4/h9-17,21,26-27,34H,8,18-20H2,1-7H3,(H,35,40)(H,36,41)/t26-,27-/m1/s1. The normalized spacial score (nSPS) is 13.1. The molecule has 3 aromatic rings. The van der Waals surface area contributed by atoms with Gasteiger partial charge in [0.15, 0.2) is 0 Å². The van der Waals surface area contributed by atoms with Gasteiger partial charge in [-0.05, 0) is 71.6 Å². The molecule has 1 heterocycles. The Kier molecular flexibility index (Phi) is 11.0. The van der Waals surface area contributed by atoms with Crippen LogP contribution in [0.5, 0.6) is 0 Å². The van der Waals surface area contributed by atoms with E-state index in [2.05, 4.69) is 15.6 Å². The summed E-state index contributed by atoms with van der Waals surface area (Å²) in [5, 5.41) is 6.35. The third kappa shape index (κ3) is 9.33. The number of aromatic nitrogens is 1. The molecule has 0 fully saturated rings. The lowest BCUT2D eigenvalue weighted by Gasteiger charge is -2.33. The zero-order valence-electron chi connectivity index (χ0n) is 26.2. The second-order valence-electron chi connectivity index (χ2n) is 12.1. The second kappa shape index (κ2) is 14.2. The van der Waals surface area contributed by atoms with Crippen molar-refractivity contribution in [1.29, 1.82) is 0 Å². The summed E-state index contributed by atoms with van der Waals surface area (Å²) < 4.78 is 10.7. The summed E-state index contributed by atoms with van der Waals surface area (Å²) >= 11 is 0. The number of carbonyl (C=O) groups excluding carboxylic acids is 4. The molecule has 1 aromatic heterocycles. The first kappa shape index (κ1) is 33.2. The number of alkyl carbamates (subject to hydrolysis) is 1. The van der Waals surface area contributed by atoms with E-state index in [1.165, 1.54) is 18.7 Å². The van der Waals surface area contributed by atoms with Gasteiger partial charge in [-0.3, -0.25) is 9.59 Å². The molecule has 0 saturated carbocycles. The Morgan fingerprint density at radius 1 is 0.953 bits per heavy atom. The summed E-state index contributed by atoms with van der Waals surface area (Å²) in [6, 6.07) is 15.4. The van der Waals surface area contributed by atoms with E-state index >= 15 is 0 Å². The van der Waals surface area contributed by atoms with Crippen molar-refractivity contribution >= 4 is 34.8 Å². The zero-order chi connectivity index (χ0) is 31.8. The maximum atomic E-state index is 14.1. The van der Waals surface area contributed by atoms with E-state index in [0.29, 0.717) is 12.8 Å². The molecule has 3 rings (SSSR count). The van der Waals surface area contributed by atoms with Crippen LogP contribution in [0.1, 0.15) is 59.1 Å². The molecule has 0 aliphatic carbocycles. The molecule has 0 spiro atoms. The number of hydrogen-bond donors (Lipinski definition) is 3. The summed E-state index contributed by atoms with van der Waals surface area (Å²) in [5.74, 6) is -1.56. The van der Waals surface area contributed by atoms with Crippen LogP contribution in [0.25, 0.3) is 10.9 Å². The Labute approximate surface area is 253 Å². The molecular weight excluding hydrogens is 548 g/mol. The van der Waals surface area contributed by atoms with Gasteiger partial charge in [-0.15, -0.1) is 0 Å². The van der Waals surface area contributed by atoms with Gasteiger partial charge in [0.05, 0.1) is 6.61 Å². The molecule has 0 unspecified atom stereocenters. The highest BCUT2D eigenvalue weighted by Crippen LogP contribution is 2.21. The third-order valence-electron chi connectivity index (χ3n) is 7.01. The average molecular weight is 593 g/mol. The highest BCUT2D eigenvalue weighted by molar-refractivity contribution is 5.95. The number of esters is 1. The van der Waals surface area contributed by atoms with Crippen LogP contribution in [-0.2, 0) is 36.7 Å². The van der Waals surface area contributed by atoms with Gasteiger partial charge in [0.2, 0.25) is 11.8 Å². The highest BCUT2D eigenvalue weighted by atomic mass is 16.6. The Morgan fingerprint density at radius 3 is 2.26 bits per heavy atom. The Morgan fingerprint density at radius 2 is 1.60 bits per heavy atom. The molecule has 2 aromatic carbocycles. The molecule has 232 valence electrons. The first-order chi connectivity index (χ1) is 20.2. The van der Waals surface area contributed by atoms with Gasteiger partial charge >= 0.3 is 12.1 Å². The molecule has 0 radical (unpaired) electrons. The summed E-state index contributed by atoms with van der Waals surface area (Å²) in [4.78, 5) is 57.8. The molecule has 3 N–H and O–H groups in total. The number of para-hydroxylation sites is 1. The number of nitrogens with zero attached hydrogens (tertiary/aromatic N) is 1. The fraction of sp³-hybridized carbons (Fsp3) is 0.455. The predicted molar refractivity (Wildman–Crippen MR) is 165 cm³/mol. The number of carbonyl (C=O) groups is 4. The van der Waals surface area contributed by atoms with E-state index in [-0.39, 0.29) is 13.0 Å². The van der Waals surface area contributed by atoms with Crippen molar-refractivity contribution in [3.63, 3.8) is 0 Å². The van der Waals surface area contributed by atoms with Crippen LogP contribution in [-0.4, -0.2) is 70.6 Å². The highest BCUT2D eigenvalue weighted by Gasteiger charge is 2.37. The number of fused-ring (bicyclic) bond motifs is 1. The van der Waals surface area contributed by atoms with Crippen LogP contribution >= 0.6 is 0 Å². The van der Waals surface area contributed by atoms with E-state index in [0.717, 1.165) is 22.0 Å². The molecule has 10 heteroatoms. The Balaban J connectivity index is 1.89. The topological polar surface area (TPSA) is 130 Å². The first-order valence-electron chi connectivity index (χ1n) is 14.6. The van der Waals surface area contributed by atoms with E-state index in [4.69, 9.17) is 9.47 Å². The quantitative estimate of drug-likeness (QED) is 0.265. The minimum absolute atomic E-state index is 0.148. The monoisotopic (exact) mass is 592 g/mol. The number of H-pyrrole nitrogens is 1. The van der Waals surface area contributed by atoms with Crippen LogP contribution in [0.4, 0.5) is 4.79 Å². The van der Waals surface area contributed by atoms with Gasteiger partial charge in [-0.25, -0.2) is 9.59 Å². The lowest BCUT2D eigenvalue weighted by Crippen LogP contribution is -2.60. The SMILES string of the molecule is CCOC(=O)[C@@H](CCc1ccccc1)N(C)C(=O)[C@@H](Cc1c[nH]c2ccccc12)NC(=O)C(C)(C)NC(=O)OC(C)(C)C. The number of nitrogens with one attached hydrogen (secondary N) is 3. The molecule has 0 bridgehead atoms. The fourth-order valence-electron chi connectivity index (χ4n) is 4.73. The van der Waals surface area contributed by atoms with Gasteiger partial charge in [0, 0.05) is 30.6 Å². The minimum atomic E-state index is -1.41. The molecule has 0 saturated heterocycles. The van der Waals surface area contributed by atoms with E-state index in [1.807, 2.05) is 54.6 Å². The molecular formula is C33H44N4O6. The molecule has 2 atom stereocenters. The zero-order valence-corrected chi connectivity index (χ0v) is 26.2. The average Bonchev–Trinajstić information content (AvgIpc) is 3.34. The lowest BCUT2D eigenvalue weighted by molar-refractivity contribution is -0.155. The summed E-state index contributed by atoms with van der Waals surface area (Å²) in [5.41, 5.74) is 0.569. The minimum Gasteiger partial charge on any atom is -0.464 e. The van der Waals surface area contributed by atoms with Gasteiger partial charge < -0.3 is 30.0 Å². The lowest BCUT2D eigenvalue weighted by atomic mass is 9.99. The summed E-state index contributed by atoms with van der Waals surface area (Å²) in [7, 11) is 1.55. The smallest absolute Gasteiger partial charge is 0.408 e. The fourth-order valence-corrected chi connectivity index (χ4v) is 4.73. The number of hydrogen-bond acceptors (Lipinski definition) is 6. The van der Waals surface area contributed by atoms with Gasteiger partial charge in [-0.1, -0.05) is 48.5 Å². The number of ether oxygens (including phenoxy) is 2. The number of likely N-dealkylation sites (N-methyl/N-ethyl adjacent to an activating group) is 1. The molecule has 10 nitrogen and oxygen atoms in total. The predicted octanol–water partition coefficient (Wildman–Crippen LogP) is 4.52. The number of aryl methyl sites for hydroxylation is 1. The van der Waals surface area contributed by atoms with Crippen LogP contribution in [0, 0.1) is 0 Å². The maximum Gasteiger partial charge on any atom is 0.408 e. The number of benzene rings is 2. The number of aromatic amines is 1. The molecule has 3 amide bonds. The van der Waals surface area contributed by atoms with Gasteiger partial charge in [0.1, 0.15) is 23.2 Å². The molecule has 0 aliphatic heterocycles. The second-order valence-corrected chi connectivity index (χ2v) is 12.1. The van der Waals surface area contributed by atoms with Crippen molar-refractivity contribution in [3.8, 4) is 0 Å². The van der Waals surface area contributed by atoms with Crippen molar-refractivity contribution in [2.75, 3.05) is 13.7 Å². The largest absolute Gasteiger partial charge is 0.464 e. The van der Waals surface area contributed by atoms with Crippen LogP contribution < -0.4 is 10.6 Å². The number of amides is 3. The number of rotatable bonds is 12. The molecule has 43 heavy (non-hydrogen) atoms. The van der Waals surface area contributed by atoms with Crippen LogP contribution in [0.15, 0.2) is 60.8 Å². The van der Waals surface area contributed by atoms with Crippen molar-refractivity contribution in [2.24, 2.45) is 0 Å². The van der Waals surface area contributed by atoms with E-state index in [1.54, 1.807) is 40.9 Å². The summed E-state index contributed by atoms with van der Waals surface area (Å²) in [6.07, 6.45) is 2.08. The Bertz CT molecular complexity index is 1410. The summed E-state index contributed by atoms with van der Waals surface area (Å²) in [6.45, 7) is 10.1. The van der Waals surface area contributed by atoms with Crippen molar-refractivity contribution in [2.45, 2.75) is 84.0 Å². The maximum absolute atomic E-state index is 14.1. The van der Waals surface area contributed by atoms with E-state index in [9.17, 15) is 19.2 Å². The first-order valence-corrected chi connectivity index (χ1v) is 14.6. The van der Waals surface area contributed by atoms with Gasteiger partial charge in [0.25, 0.3) is 0 Å².